The average molecular weight is 245 g/mol. The van der Waals surface area contributed by atoms with Crippen molar-refractivity contribution in [3.8, 4) is 0 Å². The lowest BCUT2D eigenvalue weighted by atomic mass is 10.2. The first-order chi connectivity index (χ1) is 7.31. The molecule has 5 heteroatoms. The van der Waals surface area contributed by atoms with Crippen LogP contribution in [0.2, 0.25) is 0 Å². The van der Waals surface area contributed by atoms with Crippen molar-refractivity contribution in [2.24, 2.45) is 0 Å². The summed E-state index contributed by atoms with van der Waals surface area (Å²) in [5.74, 6) is 3.19. The molecule has 0 N–H and O–H groups in total. The van der Waals surface area contributed by atoms with Crippen LogP contribution in [-0.4, -0.2) is 28.1 Å². The summed E-state index contributed by atoms with van der Waals surface area (Å²) in [5, 5.41) is 0. The summed E-state index contributed by atoms with van der Waals surface area (Å²) in [5.41, 5.74) is 1.94. The van der Waals surface area contributed by atoms with Crippen molar-refractivity contribution in [3.63, 3.8) is 0 Å². The second kappa shape index (κ2) is 5.14. The summed E-state index contributed by atoms with van der Waals surface area (Å²) in [4.78, 5) is 8.74. The van der Waals surface area contributed by atoms with E-state index in [-0.39, 0.29) is 6.10 Å². The van der Waals surface area contributed by atoms with E-state index in [1.165, 1.54) is 0 Å². The fourth-order valence-electron chi connectivity index (χ4n) is 1.42. The van der Waals surface area contributed by atoms with Crippen LogP contribution in [0, 0.1) is 6.92 Å². The molecule has 1 aliphatic heterocycles. The number of hydrogen-bond donors (Lipinski definition) is 0. The molecule has 0 bridgehead atoms. The van der Waals surface area contributed by atoms with Crippen LogP contribution in [0.5, 0.6) is 0 Å². The lowest BCUT2D eigenvalue weighted by molar-refractivity contribution is 0.0692. The summed E-state index contributed by atoms with van der Waals surface area (Å²) >= 11 is 7.68. The Balaban J connectivity index is 2.20. The maximum atomic E-state index is 5.81. The third-order valence-electron chi connectivity index (χ3n) is 2.33. The second-order valence-corrected chi connectivity index (χ2v) is 4.84. The van der Waals surface area contributed by atoms with Gasteiger partial charge in [0.2, 0.25) is 0 Å². The van der Waals surface area contributed by atoms with Gasteiger partial charge in [-0.2, -0.15) is 11.8 Å². The van der Waals surface area contributed by atoms with E-state index in [2.05, 4.69) is 9.97 Å². The summed E-state index contributed by atoms with van der Waals surface area (Å²) in [6, 6.07) is 0. The second-order valence-electron chi connectivity index (χ2n) is 3.43. The van der Waals surface area contributed by atoms with E-state index in [1.54, 1.807) is 0 Å². The van der Waals surface area contributed by atoms with Crippen molar-refractivity contribution < 1.29 is 4.74 Å². The van der Waals surface area contributed by atoms with Crippen LogP contribution in [0.3, 0.4) is 0 Å². The lowest BCUT2D eigenvalue weighted by Gasteiger charge is -2.21. The van der Waals surface area contributed by atoms with Gasteiger partial charge in [0.1, 0.15) is 6.10 Å². The molecule has 2 rings (SSSR count). The van der Waals surface area contributed by atoms with Gasteiger partial charge in [0, 0.05) is 17.7 Å². The predicted molar refractivity (Wildman–Crippen MR) is 62.3 cm³/mol. The highest BCUT2D eigenvalue weighted by atomic mass is 35.5. The Kier molecular flexibility index (Phi) is 3.83. The van der Waals surface area contributed by atoms with Gasteiger partial charge in [-0.1, -0.05) is 0 Å². The number of rotatable bonds is 2. The van der Waals surface area contributed by atoms with Crippen molar-refractivity contribution >= 4 is 23.4 Å². The maximum Gasteiger partial charge on any atom is 0.158 e. The summed E-state index contributed by atoms with van der Waals surface area (Å²) < 4.78 is 5.61. The van der Waals surface area contributed by atoms with Gasteiger partial charge in [0.05, 0.1) is 18.2 Å². The Morgan fingerprint density at radius 3 is 3.20 bits per heavy atom. The third kappa shape index (κ3) is 2.62. The quantitative estimate of drug-likeness (QED) is 0.748. The lowest BCUT2D eigenvalue weighted by Crippen LogP contribution is -2.18. The third-order valence-corrected chi connectivity index (χ3v) is 3.57. The molecule has 1 aromatic heterocycles. The van der Waals surface area contributed by atoms with Crippen LogP contribution in [-0.2, 0) is 10.6 Å². The minimum atomic E-state index is 0.0336. The molecule has 1 fully saturated rings. The number of nitrogens with zero attached hydrogens (tertiary/aromatic N) is 2. The molecule has 2 heterocycles. The van der Waals surface area contributed by atoms with E-state index >= 15 is 0 Å². The molecule has 0 spiro atoms. The molecular weight excluding hydrogens is 232 g/mol. The van der Waals surface area contributed by atoms with Crippen LogP contribution in [0.4, 0.5) is 0 Å². The minimum Gasteiger partial charge on any atom is -0.368 e. The van der Waals surface area contributed by atoms with Gasteiger partial charge in [-0.15, -0.1) is 11.6 Å². The molecule has 0 amide bonds. The minimum absolute atomic E-state index is 0.0336. The molecule has 1 aromatic rings. The predicted octanol–water partition coefficient (Wildman–Crippen LogP) is 2.33. The molecule has 1 unspecified atom stereocenters. The molecule has 1 aliphatic rings. The zero-order valence-electron chi connectivity index (χ0n) is 8.57. The normalized spacial score (nSPS) is 21.6. The number of aromatic nitrogens is 2. The van der Waals surface area contributed by atoms with Crippen molar-refractivity contribution in [2.75, 3.05) is 18.1 Å². The molecule has 0 radical (unpaired) electrons. The number of alkyl halides is 1. The van der Waals surface area contributed by atoms with Crippen molar-refractivity contribution in [3.05, 3.63) is 23.3 Å². The highest BCUT2D eigenvalue weighted by Crippen LogP contribution is 2.24. The molecular formula is C10H13ClN2OS. The van der Waals surface area contributed by atoms with E-state index in [9.17, 15) is 0 Å². The Morgan fingerprint density at radius 2 is 2.53 bits per heavy atom. The number of aryl methyl sites for hydroxylation is 1. The van der Waals surface area contributed by atoms with Crippen molar-refractivity contribution in [2.45, 2.75) is 18.9 Å². The first-order valence-electron chi connectivity index (χ1n) is 4.89. The number of hydrogen-bond acceptors (Lipinski definition) is 4. The highest BCUT2D eigenvalue weighted by Gasteiger charge is 2.19. The van der Waals surface area contributed by atoms with Gasteiger partial charge in [-0.25, -0.2) is 9.97 Å². The maximum absolute atomic E-state index is 5.81. The highest BCUT2D eigenvalue weighted by molar-refractivity contribution is 7.99. The standard InChI is InChI=1S/C10H13ClN2OS/c1-7-5-12-10(13-8(7)4-11)9-6-15-3-2-14-9/h5,9H,2-4,6H2,1H3. The first kappa shape index (κ1) is 11.2. The Labute approximate surface area is 98.6 Å². The molecule has 3 nitrogen and oxygen atoms in total. The van der Waals surface area contributed by atoms with Crippen LogP contribution in [0.15, 0.2) is 6.20 Å². The number of halogens is 1. The molecule has 0 aliphatic carbocycles. The Bertz CT molecular complexity index is 342. The number of ether oxygens (including phenoxy) is 1. The topological polar surface area (TPSA) is 35.0 Å². The molecule has 0 aromatic carbocycles. The SMILES string of the molecule is Cc1cnc(C2CSCCO2)nc1CCl. The van der Waals surface area contributed by atoms with Gasteiger partial charge in [0.15, 0.2) is 5.82 Å². The van der Waals surface area contributed by atoms with E-state index in [4.69, 9.17) is 16.3 Å². The zero-order valence-corrected chi connectivity index (χ0v) is 10.1. The van der Waals surface area contributed by atoms with E-state index in [0.717, 1.165) is 35.2 Å². The zero-order chi connectivity index (χ0) is 10.7. The molecule has 1 atom stereocenters. The van der Waals surface area contributed by atoms with Crippen molar-refractivity contribution in [1.29, 1.82) is 0 Å². The first-order valence-corrected chi connectivity index (χ1v) is 6.58. The van der Waals surface area contributed by atoms with Gasteiger partial charge in [0.25, 0.3) is 0 Å². The molecule has 0 saturated carbocycles. The smallest absolute Gasteiger partial charge is 0.158 e. The molecule has 1 saturated heterocycles. The van der Waals surface area contributed by atoms with Crippen LogP contribution >= 0.6 is 23.4 Å². The molecule has 15 heavy (non-hydrogen) atoms. The van der Waals surface area contributed by atoms with Gasteiger partial charge in [-0.05, 0) is 12.5 Å². The fraction of sp³-hybridized carbons (Fsp3) is 0.600. The van der Waals surface area contributed by atoms with Gasteiger partial charge >= 0.3 is 0 Å². The van der Waals surface area contributed by atoms with Crippen LogP contribution < -0.4 is 0 Å². The Hall–Kier alpha value is -0.320. The van der Waals surface area contributed by atoms with E-state index in [0.29, 0.717) is 5.88 Å². The van der Waals surface area contributed by atoms with E-state index in [1.807, 2.05) is 24.9 Å². The summed E-state index contributed by atoms with van der Waals surface area (Å²) in [6.07, 6.45) is 1.86. The van der Waals surface area contributed by atoms with Gasteiger partial charge in [-0.3, -0.25) is 0 Å². The Morgan fingerprint density at radius 1 is 1.67 bits per heavy atom. The fourth-order valence-corrected chi connectivity index (χ4v) is 2.53. The monoisotopic (exact) mass is 244 g/mol. The summed E-state index contributed by atoms with van der Waals surface area (Å²) in [7, 11) is 0. The van der Waals surface area contributed by atoms with E-state index < -0.39 is 0 Å². The average Bonchev–Trinajstić information content (AvgIpc) is 2.31. The van der Waals surface area contributed by atoms with Crippen molar-refractivity contribution in [1.82, 2.24) is 9.97 Å². The largest absolute Gasteiger partial charge is 0.368 e. The van der Waals surface area contributed by atoms with Crippen LogP contribution in [0.1, 0.15) is 23.2 Å². The summed E-state index contributed by atoms with van der Waals surface area (Å²) in [6.45, 7) is 2.75. The number of thioether (sulfide) groups is 1. The van der Waals surface area contributed by atoms with Gasteiger partial charge < -0.3 is 4.74 Å². The molecule has 82 valence electrons. The van der Waals surface area contributed by atoms with Crippen LogP contribution in [0.25, 0.3) is 0 Å².